The summed E-state index contributed by atoms with van der Waals surface area (Å²) in [7, 11) is 5.79. The van der Waals surface area contributed by atoms with Crippen molar-refractivity contribution in [2.45, 2.75) is 26.2 Å². The Kier molecular flexibility index (Phi) is 8.94. The van der Waals surface area contributed by atoms with Crippen molar-refractivity contribution in [3.05, 3.63) is 63.7 Å². The van der Waals surface area contributed by atoms with Gasteiger partial charge in [-0.15, -0.1) is 0 Å². The molecule has 0 spiro atoms. The largest absolute Gasteiger partial charge is 0.496 e. The number of hydrogen-bond acceptors (Lipinski definition) is 6. The lowest BCUT2D eigenvalue weighted by Gasteiger charge is -2.17. The molecule has 0 saturated carbocycles. The molecule has 0 unspecified atom stereocenters. The van der Waals surface area contributed by atoms with Crippen molar-refractivity contribution in [2.75, 3.05) is 28.4 Å². The molecule has 31 heavy (non-hydrogen) atoms. The van der Waals surface area contributed by atoms with Crippen LogP contribution in [0.15, 0.2) is 36.4 Å². The Balaban J connectivity index is 2.63. The molecule has 166 valence electrons. The lowest BCUT2D eigenvalue weighted by Crippen LogP contribution is -2.07. The maximum Gasteiger partial charge on any atom is 0.341 e. The number of benzene rings is 2. The highest BCUT2D eigenvalue weighted by atomic mass is 35.5. The molecule has 0 saturated heterocycles. The molecule has 0 aliphatic carbocycles. The van der Waals surface area contributed by atoms with Crippen LogP contribution in [0, 0.1) is 6.92 Å². The molecule has 2 aromatic rings. The molecule has 6 nitrogen and oxygen atoms in total. The number of aryl methyl sites for hydroxylation is 1. The van der Waals surface area contributed by atoms with E-state index in [1.165, 1.54) is 21.3 Å². The van der Waals surface area contributed by atoms with Gasteiger partial charge in [-0.25, -0.2) is 4.79 Å². The predicted octanol–water partition coefficient (Wildman–Crippen LogP) is 5.23. The zero-order valence-electron chi connectivity index (χ0n) is 18.4. The van der Waals surface area contributed by atoms with Crippen LogP contribution < -0.4 is 9.47 Å². The quantitative estimate of drug-likeness (QED) is 0.388. The third-order valence-corrected chi connectivity index (χ3v) is 5.04. The average Bonchev–Trinajstić information content (AvgIpc) is 2.77. The van der Waals surface area contributed by atoms with Crippen LogP contribution in [-0.2, 0) is 14.3 Å². The molecule has 0 atom stereocenters. The van der Waals surface area contributed by atoms with Gasteiger partial charge in [0.1, 0.15) is 17.1 Å². The van der Waals surface area contributed by atoms with E-state index in [0.717, 1.165) is 22.3 Å². The van der Waals surface area contributed by atoms with Gasteiger partial charge in [-0.2, -0.15) is 0 Å². The van der Waals surface area contributed by atoms with Crippen LogP contribution >= 0.6 is 11.6 Å². The molecular formula is C24H27ClO6. The summed E-state index contributed by atoms with van der Waals surface area (Å²) in [5.41, 5.74) is 3.47. The van der Waals surface area contributed by atoms with Gasteiger partial charge in [-0.05, 0) is 66.8 Å². The summed E-state index contributed by atoms with van der Waals surface area (Å²) in [6.45, 7) is 1.86. The molecule has 0 radical (unpaired) electrons. The van der Waals surface area contributed by atoms with Crippen molar-refractivity contribution in [2.24, 2.45) is 0 Å². The molecular weight excluding hydrogens is 420 g/mol. The van der Waals surface area contributed by atoms with Gasteiger partial charge in [0.2, 0.25) is 0 Å². The summed E-state index contributed by atoms with van der Waals surface area (Å²) in [6.07, 6.45) is 3.53. The number of unbranched alkanes of at least 4 members (excludes halogenated alkanes) is 1. The van der Waals surface area contributed by atoms with E-state index < -0.39 is 5.97 Å². The summed E-state index contributed by atoms with van der Waals surface area (Å²) in [6, 6.07) is 9.00. The Morgan fingerprint density at radius 2 is 1.71 bits per heavy atom. The van der Waals surface area contributed by atoms with Crippen LogP contribution in [0.5, 0.6) is 11.5 Å². The smallest absolute Gasteiger partial charge is 0.341 e. The van der Waals surface area contributed by atoms with E-state index in [2.05, 4.69) is 0 Å². The normalized spacial score (nSPS) is 11.1. The number of carbonyl (C=O) groups excluding carboxylic acids is 2. The molecule has 0 aliphatic heterocycles. The minimum Gasteiger partial charge on any atom is -0.496 e. The van der Waals surface area contributed by atoms with Crippen molar-refractivity contribution in [3.8, 4) is 11.5 Å². The second-order valence-electron chi connectivity index (χ2n) is 6.80. The van der Waals surface area contributed by atoms with Crippen LogP contribution in [0.2, 0.25) is 5.02 Å². The first-order valence-electron chi connectivity index (χ1n) is 9.74. The molecule has 2 rings (SSSR count). The highest BCUT2D eigenvalue weighted by Crippen LogP contribution is 2.37. The van der Waals surface area contributed by atoms with Crippen molar-refractivity contribution >= 4 is 29.1 Å². The van der Waals surface area contributed by atoms with Crippen LogP contribution in [0.3, 0.4) is 0 Å². The Hall–Kier alpha value is -2.99. The number of hydrogen-bond donors (Lipinski definition) is 0. The topological polar surface area (TPSA) is 71.1 Å². The molecule has 2 aromatic carbocycles. The fourth-order valence-electron chi connectivity index (χ4n) is 3.33. The summed E-state index contributed by atoms with van der Waals surface area (Å²) in [5.74, 6) is 0.337. The summed E-state index contributed by atoms with van der Waals surface area (Å²) in [5, 5.41) is 0.551. The molecule has 0 amide bonds. The Labute approximate surface area is 187 Å². The lowest BCUT2D eigenvalue weighted by atomic mass is 9.92. The first kappa shape index (κ1) is 24.3. The minimum absolute atomic E-state index is 0.261. The molecule has 0 aliphatic rings. The number of rotatable bonds is 9. The van der Waals surface area contributed by atoms with Gasteiger partial charge in [0.05, 0.1) is 28.4 Å². The van der Waals surface area contributed by atoms with E-state index in [0.29, 0.717) is 41.3 Å². The molecule has 0 N–H and O–H groups in total. The molecule has 7 heteroatoms. The number of ether oxygens (including phenoxy) is 4. The second kappa shape index (κ2) is 11.4. The van der Waals surface area contributed by atoms with Gasteiger partial charge >= 0.3 is 11.9 Å². The Bertz CT molecular complexity index is 980. The van der Waals surface area contributed by atoms with Crippen molar-refractivity contribution in [3.63, 3.8) is 0 Å². The van der Waals surface area contributed by atoms with Crippen molar-refractivity contribution in [1.29, 1.82) is 0 Å². The number of allylic oxidation sites excluding steroid dienone is 1. The third-order valence-electron chi connectivity index (χ3n) is 4.81. The number of halogens is 1. The molecule has 0 fully saturated rings. The molecule has 0 heterocycles. The third kappa shape index (κ3) is 6.01. The fraction of sp³-hybridized carbons (Fsp3) is 0.333. The van der Waals surface area contributed by atoms with Crippen molar-refractivity contribution in [1.82, 2.24) is 0 Å². The fourth-order valence-corrected chi connectivity index (χ4v) is 3.50. The number of methoxy groups -OCH3 is 4. The van der Waals surface area contributed by atoms with Crippen molar-refractivity contribution < 1.29 is 28.5 Å². The summed E-state index contributed by atoms with van der Waals surface area (Å²) >= 11 is 6.27. The second-order valence-corrected chi connectivity index (χ2v) is 7.23. The van der Waals surface area contributed by atoms with E-state index in [1.54, 1.807) is 25.3 Å². The summed E-state index contributed by atoms with van der Waals surface area (Å²) < 4.78 is 20.6. The number of esters is 2. The molecule has 0 aromatic heterocycles. The summed E-state index contributed by atoms with van der Waals surface area (Å²) in [4.78, 5) is 23.8. The van der Waals surface area contributed by atoms with Gasteiger partial charge in [-0.1, -0.05) is 17.7 Å². The van der Waals surface area contributed by atoms with Crippen LogP contribution in [-0.4, -0.2) is 40.4 Å². The van der Waals surface area contributed by atoms with E-state index in [4.69, 9.17) is 30.5 Å². The first-order valence-corrected chi connectivity index (χ1v) is 10.1. The van der Waals surface area contributed by atoms with E-state index in [9.17, 15) is 9.59 Å². The first-order chi connectivity index (χ1) is 14.9. The Morgan fingerprint density at radius 1 is 0.968 bits per heavy atom. The van der Waals surface area contributed by atoms with Crippen LogP contribution in [0.1, 0.15) is 46.3 Å². The lowest BCUT2D eigenvalue weighted by molar-refractivity contribution is -0.140. The highest BCUT2D eigenvalue weighted by Gasteiger charge is 2.20. The van der Waals surface area contributed by atoms with E-state index >= 15 is 0 Å². The highest BCUT2D eigenvalue weighted by molar-refractivity contribution is 6.30. The van der Waals surface area contributed by atoms with Gasteiger partial charge in [-0.3, -0.25) is 4.79 Å². The number of carbonyl (C=O) groups is 2. The predicted molar refractivity (Wildman–Crippen MR) is 120 cm³/mol. The SMILES string of the molecule is COC(=O)CCC/C=C(/c1cc(C)c(OC)c(C(=O)OC)c1)c1cc(Cl)ccc1OC. The minimum atomic E-state index is -0.495. The standard InChI is InChI=1S/C24H27ClO6/c1-15-12-16(13-20(23(15)30-4)24(27)31-5)18(8-6-7-9-22(26)29-3)19-14-17(25)10-11-21(19)28-2/h8,10-14H,6-7,9H2,1-5H3/b18-8-. The van der Waals surface area contributed by atoms with Crippen LogP contribution in [0.4, 0.5) is 0 Å². The van der Waals surface area contributed by atoms with E-state index in [1.807, 2.05) is 25.1 Å². The average molecular weight is 447 g/mol. The Morgan fingerprint density at radius 3 is 2.32 bits per heavy atom. The maximum atomic E-state index is 12.4. The van der Waals surface area contributed by atoms with Crippen LogP contribution in [0.25, 0.3) is 5.57 Å². The van der Waals surface area contributed by atoms with Gasteiger partial charge in [0.25, 0.3) is 0 Å². The van der Waals surface area contributed by atoms with Gasteiger partial charge < -0.3 is 18.9 Å². The zero-order chi connectivity index (χ0) is 23.0. The monoisotopic (exact) mass is 446 g/mol. The van der Waals surface area contributed by atoms with E-state index in [-0.39, 0.29) is 5.97 Å². The van der Waals surface area contributed by atoms with Gasteiger partial charge in [0, 0.05) is 17.0 Å². The maximum absolute atomic E-state index is 12.4. The van der Waals surface area contributed by atoms with Gasteiger partial charge in [0.15, 0.2) is 0 Å². The molecule has 0 bridgehead atoms. The zero-order valence-corrected chi connectivity index (χ0v) is 19.2.